The zero-order valence-corrected chi connectivity index (χ0v) is 23.0. The molecule has 1 aromatic carbocycles. The quantitative estimate of drug-likeness (QED) is 0.546. The summed E-state index contributed by atoms with van der Waals surface area (Å²) in [6.07, 6.45) is 3.32. The van der Waals surface area contributed by atoms with Crippen LogP contribution >= 0.6 is 0 Å². The van der Waals surface area contributed by atoms with E-state index in [-0.39, 0.29) is 46.6 Å². The van der Waals surface area contributed by atoms with Gasteiger partial charge in [-0.3, -0.25) is 14.5 Å². The van der Waals surface area contributed by atoms with Crippen molar-refractivity contribution in [2.45, 2.75) is 78.0 Å². The Bertz CT molecular complexity index is 860. The van der Waals surface area contributed by atoms with Crippen LogP contribution in [0.4, 0.5) is 0 Å². The molecule has 0 radical (unpaired) electrons. The van der Waals surface area contributed by atoms with E-state index in [1.54, 1.807) is 7.05 Å². The van der Waals surface area contributed by atoms with Crippen LogP contribution in [0.25, 0.3) is 0 Å². The van der Waals surface area contributed by atoms with Crippen molar-refractivity contribution >= 4 is 11.7 Å². The molecule has 0 spiro atoms. The zero-order valence-electron chi connectivity index (χ0n) is 23.0. The molecule has 1 aromatic rings. The molecule has 0 bridgehead atoms. The van der Waals surface area contributed by atoms with E-state index in [0.717, 1.165) is 45.4 Å². The van der Waals surface area contributed by atoms with Crippen molar-refractivity contribution in [2.24, 2.45) is 17.3 Å². The number of hydrogen-bond donors (Lipinski definition) is 1. The third-order valence-electron chi connectivity index (χ3n) is 9.07. The number of hydrogen-bond acceptors (Lipinski definition) is 5. The van der Waals surface area contributed by atoms with Crippen LogP contribution < -0.4 is 5.32 Å². The highest BCUT2D eigenvalue weighted by molar-refractivity contribution is 5.90. The molecule has 6 heteroatoms. The number of amides is 1. The van der Waals surface area contributed by atoms with Gasteiger partial charge in [0.15, 0.2) is 0 Å². The van der Waals surface area contributed by atoms with Crippen LogP contribution in [0.1, 0.15) is 59.4 Å². The van der Waals surface area contributed by atoms with Gasteiger partial charge in [0.1, 0.15) is 5.78 Å². The van der Waals surface area contributed by atoms with E-state index in [1.165, 1.54) is 5.56 Å². The van der Waals surface area contributed by atoms with Gasteiger partial charge in [-0.25, -0.2) is 0 Å². The summed E-state index contributed by atoms with van der Waals surface area (Å²) in [7, 11) is 3.61. The van der Waals surface area contributed by atoms with E-state index in [2.05, 4.69) is 73.1 Å². The van der Waals surface area contributed by atoms with E-state index in [4.69, 9.17) is 4.74 Å². The fourth-order valence-corrected chi connectivity index (χ4v) is 6.13. The Morgan fingerprint density at radius 2 is 1.86 bits per heavy atom. The topological polar surface area (TPSA) is 61.9 Å². The number of Topliss-reactive ketones (excluding diaryl/α,β-unsaturated/α-hetero) is 1. The van der Waals surface area contributed by atoms with Crippen molar-refractivity contribution in [3.8, 4) is 0 Å². The third kappa shape index (κ3) is 5.98. The Kier molecular flexibility index (Phi) is 9.16. The summed E-state index contributed by atoms with van der Waals surface area (Å²) in [5.74, 6) is 0.0626. The molecular weight excluding hydrogens is 438 g/mol. The van der Waals surface area contributed by atoms with E-state index in [1.807, 2.05) is 14.0 Å². The first-order chi connectivity index (χ1) is 16.5. The number of methoxy groups -OCH3 is 1. The molecule has 3 rings (SSSR count). The van der Waals surface area contributed by atoms with E-state index < -0.39 is 0 Å². The number of ketones is 1. The van der Waals surface area contributed by atoms with Crippen molar-refractivity contribution in [3.05, 3.63) is 35.9 Å². The van der Waals surface area contributed by atoms with Gasteiger partial charge in [-0.1, -0.05) is 51.1 Å². The lowest BCUT2D eigenvalue weighted by atomic mass is 9.69. The Balaban J connectivity index is 1.85. The van der Waals surface area contributed by atoms with Gasteiger partial charge in [-0.05, 0) is 57.1 Å². The van der Waals surface area contributed by atoms with Crippen LogP contribution in [0, 0.1) is 17.3 Å². The van der Waals surface area contributed by atoms with Gasteiger partial charge in [-0.15, -0.1) is 0 Å². The number of ether oxygens (including phenoxy) is 1. The average Bonchev–Trinajstić information content (AvgIpc) is 3.02. The second-order valence-electron chi connectivity index (χ2n) is 11.6. The highest BCUT2D eigenvalue weighted by Crippen LogP contribution is 2.51. The largest absolute Gasteiger partial charge is 0.380 e. The zero-order chi connectivity index (χ0) is 25.8. The predicted molar refractivity (Wildman–Crippen MR) is 141 cm³/mol. The molecule has 0 aromatic heterocycles. The van der Waals surface area contributed by atoms with Gasteiger partial charge < -0.3 is 15.0 Å². The van der Waals surface area contributed by atoms with Gasteiger partial charge in [0, 0.05) is 45.6 Å². The number of benzene rings is 1. The molecule has 6 nitrogen and oxygen atoms in total. The number of carbonyl (C=O) groups is 2. The molecule has 2 fully saturated rings. The van der Waals surface area contributed by atoms with E-state index in [0.29, 0.717) is 6.42 Å². The molecule has 2 aliphatic heterocycles. The lowest BCUT2D eigenvalue weighted by Crippen LogP contribution is -2.59. The summed E-state index contributed by atoms with van der Waals surface area (Å²) in [5, 5.41) is 3.03. The Labute approximate surface area is 212 Å². The van der Waals surface area contributed by atoms with Crippen molar-refractivity contribution in [2.75, 3.05) is 40.3 Å². The normalized spacial score (nSPS) is 29.0. The summed E-state index contributed by atoms with van der Waals surface area (Å²) in [6, 6.07) is 10.4. The number of fused-ring (bicyclic) bond motifs is 1. The molecule has 1 N–H and O–H groups in total. The lowest BCUT2D eigenvalue weighted by Gasteiger charge is -2.47. The molecule has 2 saturated heterocycles. The van der Waals surface area contributed by atoms with Gasteiger partial charge in [0.2, 0.25) is 5.91 Å². The molecule has 2 aliphatic rings. The van der Waals surface area contributed by atoms with Gasteiger partial charge in [0.25, 0.3) is 0 Å². The maximum absolute atomic E-state index is 14.1. The van der Waals surface area contributed by atoms with Crippen molar-refractivity contribution in [1.82, 2.24) is 15.1 Å². The van der Waals surface area contributed by atoms with Crippen LogP contribution in [-0.4, -0.2) is 79.5 Å². The maximum Gasteiger partial charge on any atom is 0.226 e. The number of likely N-dealkylation sites (tertiary alicyclic amines) is 2. The summed E-state index contributed by atoms with van der Waals surface area (Å²) in [5.41, 5.74) is 0.989. The fourth-order valence-electron chi connectivity index (χ4n) is 6.13. The summed E-state index contributed by atoms with van der Waals surface area (Å²) >= 11 is 0. The number of carbonyl (C=O) groups excluding carboxylic acids is 2. The van der Waals surface area contributed by atoms with Gasteiger partial charge in [-0.2, -0.15) is 0 Å². The second-order valence-corrected chi connectivity index (χ2v) is 11.6. The number of rotatable bonds is 10. The number of likely N-dealkylation sites (N-methyl/N-ethyl adjacent to an activating group) is 1. The SMILES string of the molecule is CN[C@@H](C)C(=O)C[C@H](C(=O)N1CC[C@@]2(C)C[C@@H](OC)CN(CCc3ccccc3)C[C@@]12C)C(C)C. The van der Waals surface area contributed by atoms with Crippen LogP contribution in [-0.2, 0) is 20.7 Å². The lowest BCUT2D eigenvalue weighted by molar-refractivity contribution is -0.146. The van der Waals surface area contributed by atoms with E-state index in [9.17, 15) is 9.59 Å². The summed E-state index contributed by atoms with van der Waals surface area (Å²) in [6.45, 7) is 14.0. The second kappa shape index (κ2) is 11.5. The molecule has 0 saturated carbocycles. The molecule has 0 aliphatic carbocycles. The summed E-state index contributed by atoms with van der Waals surface area (Å²) in [4.78, 5) is 31.5. The molecular formula is C29H47N3O3. The predicted octanol–water partition coefficient (Wildman–Crippen LogP) is 3.79. The van der Waals surface area contributed by atoms with Gasteiger partial charge in [0.05, 0.1) is 17.7 Å². The molecule has 5 atom stereocenters. The number of nitrogens with one attached hydrogen (secondary N) is 1. The minimum Gasteiger partial charge on any atom is -0.380 e. The van der Waals surface area contributed by atoms with E-state index >= 15 is 0 Å². The Hall–Kier alpha value is -1.76. The van der Waals surface area contributed by atoms with Gasteiger partial charge >= 0.3 is 0 Å². The van der Waals surface area contributed by atoms with Crippen molar-refractivity contribution in [3.63, 3.8) is 0 Å². The highest BCUT2D eigenvalue weighted by Gasteiger charge is 2.58. The van der Waals surface area contributed by atoms with Crippen LogP contribution in [0.3, 0.4) is 0 Å². The molecule has 1 amide bonds. The first kappa shape index (κ1) is 27.8. The first-order valence-corrected chi connectivity index (χ1v) is 13.3. The third-order valence-corrected chi connectivity index (χ3v) is 9.07. The highest BCUT2D eigenvalue weighted by atomic mass is 16.5. The smallest absolute Gasteiger partial charge is 0.226 e. The first-order valence-electron chi connectivity index (χ1n) is 13.3. The monoisotopic (exact) mass is 485 g/mol. The van der Waals surface area contributed by atoms with Crippen molar-refractivity contribution in [1.29, 1.82) is 0 Å². The number of nitrogens with zero attached hydrogens (tertiary/aromatic N) is 2. The average molecular weight is 486 g/mol. The summed E-state index contributed by atoms with van der Waals surface area (Å²) < 4.78 is 5.95. The Morgan fingerprint density at radius 1 is 1.17 bits per heavy atom. The molecule has 0 unspecified atom stereocenters. The molecule has 35 heavy (non-hydrogen) atoms. The van der Waals surface area contributed by atoms with Crippen LogP contribution in [0.2, 0.25) is 0 Å². The fraction of sp³-hybridized carbons (Fsp3) is 0.724. The maximum atomic E-state index is 14.1. The minimum atomic E-state index is -0.307. The van der Waals surface area contributed by atoms with Crippen LogP contribution in [0.15, 0.2) is 30.3 Å². The van der Waals surface area contributed by atoms with Crippen molar-refractivity contribution < 1.29 is 14.3 Å². The molecule has 196 valence electrons. The Morgan fingerprint density at radius 3 is 2.46 bits per heavy atom. The minimum absolute atomic E-state index is 0.0331. The molecule has 2 heterocycles. The standard InChI is InChI=1S/C29H47N3O3/c1-21(2)25(17-26(33)22(3)30-6)27(34)32-16-14-28(4)18-24(35-7)19-31(20-29(28,32)5)15-13-23-11-9-8-10-12-23/h8-12,21-22,24-25,30H,13-20H2,1-7H3/t22-,24+,25-,28-,29+/m0/s1. The van der Waals surface area contributed by atoms with Crippen LogP contribution in [0.5, 0.6) is 0 Å².